The van der Waals surface area contributed by atoms with Gasteiger partial charge in [-0.05, 0) is 38.3 Å². The third-order valence-corrected chi connectivity index (χ3v) is 3.87. The largest absolute Gasteiger partial charge is 0.313 e. The zero-order valence-corrected chi connectivity index (χ0v) is 10.4. The third kappa shape index (κ3) is 3.54. The number of hydrogen-bond donors (Lipinski definition) is 1. The fourth-order valence-corrected chi connectivity index (χ4v) is 2.58. The van der Waals surface area contributed by atoms with E-state index >= 15 is 0 Å². The molecule has 0 atom stereocenters. The quantitative estimate of drug-likeness (QED) is 0.605. The van der Waals surface area contributed by atoms with Crippen LogP contribution in [0.25, 0.3) is 0 Å². The summed E-state index contributed by atoms with van der Waals surface area (Å²) in [6.07, 6.45) is 2.77. The molecule has 1 aromatic rings. The molecule has 0 radical (unpaired) electrons. The third-order valence-electron chi connectivity index (χ3n) is 2.71. The molecule has 82 valence electrons. The van der Waals surface area contributed by atoms with Crippen molar-refractivity contribution in [2.45, 2.75) is 37.6 Å². The van der Waals surface area contributed by atoms with E-state index < -0.39 is 0 Å². The van der Waals surface area contributed by atoms with Crippen LogP contribution in [0.4, 0.5) is 0 Å². The molecular weight excluding hydrogens is 202 g/mol. The maximum absolute atomic E-state index is 3.54. The molecule has 0 aliphatic heterocycles. The first-order chi connectivity index (χ1) is 7.25. The molecule has 1 aliphatic carbocycles. The summed E-state index contributed by atoms with van der Waals surface area (Å²) < 4.78 is 0. The van der Waals surface area contributed by atoms with E-state index in [4.69, 9.17) is 0 Å². The van der Waals surface area contributed by atoms with Crippen molar-refractivity contribution in [1.29, 1.82) is 0 Å². The van der Waals surface area contributed by atoms with Crippen LogP contribution < -0.4 is 5.32 Å². The van der Waals surface area contributed by atoms with Crippen LogP contribution in [0.2, 0.25) is 0 Å². The van der Waals surface area contributed by atoms with Gasteiger partial charge in [0.05, 0.1) is 0 Å². The second kappa shape index (κ2) is 5.04. The van der Waals surface area contributed by atoms with Crippen LogP contribution in [-0.2, 0) is 0 Å². The zero-order valence-electron chi connectivity index (χ0n) is 9.55. The lowest BCUT2D eigenvalue weighted by Gasteiger charge is -2.07. The molecule has 1 nitrogen and oxygen atoms in total. The van der Waals surface area contributed by atoms with Crippen molar-refractivity contribution in [1.82, 2.24) is 5.32 Å². The first-order valence-electron chi connectivity index (χ1n) is 5.69. The molecule has 2 rings (SSSR count). The van der Waals surface area contributed by atoms with Gasteiger partial charge in [0.2, 0.25) is 0 Å². The lowest BCUT2D eigenvalue weighted by molar-refractivity contribution is 0.726. The van der Waals surface area contributed by atoms with Gasteiger partial charge in [-0.25, -0.2) is 0 Å². The molecule has 1 aromatic carbocycles. The van der Waals surface area contributed by atoms with Crippen LogP contribution in [0.5, 0.6) is 0 Å². The van der Waals surface area contributed by atoms with Gasteiger partial charge in [-0.3, -0.25) is 0 Å². The topological polar surface area (TPSA) is 12.0 Å². The Morgan fingerprint density at radius 2 is 2.13 bits per heavy atom. The number of benzene rings is 1. The van der Waals surface area contributed by atoms with E-state index in [1.54, 1.807) is 0 Å². The van der Waals surface area contributed by atoms with Crippen molar-refractivity contribution >= 4 is 11.8 Å². The Hall–Kier alpha value is -0.470. The normalized spacial score (nSPS) is 15.6. The highest BCUT2D eigenvalue weighted by Gasteiger charge is 2.19. The van der Waals surface area contributed by atoms with E-state index in [9.17, 15) is 0 Å². The average molecular weight is 221 g/mol. The van der Waals surface area contributed by atoms with Gasteiger partial charge in [-0.2, -0.15) is 0 Å². The Labute approximate surface area is 96.7 Å². The van der Waals surface area contributed by atoms with Gasteiger partial charge < -0.3 is 5.32 Å². The van der Waals surface area contributed by atoms with Crippen molar-refractivity contribution in [2.75, 3.05) is 12.3 Å². The van der Waals surface area contributed by atoms with Gasteiger partial charge >= 0.3 is 0 Å². The van der Waals surface area contributed by atoms with Crippen LogP contribution in [0.15, 0.2) is 23.1 Å². The molecule has 2 heteroatoms. The minimum atomic E-state index is 0.837. The predicted molar refractivity (Wildman–Crippen MR) is 67.7 cm³/mol. The van der Waals surface area contributed by atoms with E-state index in [-0.39, 0.29) is 0 Å². The molecule has 0 amide bonds. The van der Waals surface area contributed by atoms with Crippen LogP contribution >= 0.6 is 11.8 Å². The molecule has 0 aromatic heterocycles. The van der Waals surface area contributed by atoms with Crippen molar-refractivity contribution in [3.63, 3.8) is 0 Å². The molecule has 0 heterocycles. The Balaban J connectivity index is 1.78. The second-order valence-corrected chi connectivity index (χ2v) is 5.48. The summed E-state index contributed by atoms with van der Waals surface area (Å²) in [6, 6.07) is 7.52. The summed E-state index contributed by atoms with van der Waals surface area (Å²) in [5.74, 6) is 1.18. The first-order valence-corrected chi connectivity index (χ1v) is 6.68. The molecule has 15 heavy (non-hydrogen) atoms. The number of aryl methyl sites for hydroxylation is 2. The summed E-state index contributed by atoms with van der Waals surface area (Å²) in [6.45, 7) is 5.49. The summed E-state index contributed by atoms with van der Waals surface area (Å²) >= 11 is 1.97. The number of thioether (sulfide) groups is 1. The average Bonchev–Trinajstić information content (AvgIpc) is 3.01. The maximum atomic E-state index is 3.54. The molecule has 0 unspecified atom stereocenters. The monoisotopic (exact) mass is 221 g/mol. The van der Waals surface area contributed by atoms with E-state index in [0.717, 1.165) is 12.6 Å². The molecule has 1 saturated carbocycles. The lowest BCUT2D eigenvalue weighted by atomic mass is 10.2. The molecule has 1 fully saturated rings. The van der Waals surface area contributed by atoms with E-state index in [1.165, 1.54) is 34.6 Å². The maximum Gasteiger partial charge on any atom is 0.0106 e. The SMILES string of the molecule is Cc1ccc(C)c(SCCNC2CC2)c1. The Morgan fingerprint density at radius 3 is 2.87 bits per heavy atom. The van der Waals surface area contributed by atoms with Gasteiger partial charge in [-0.15, -0.1) is 11.8 Å². The standard InChI is InChI=1S/C13H19NS/c1-10-3-4-11(2)13(9-10)15-8-7-14-12-5-6-12/h3-4,9,12,14H,5-8H2,1-2H3. The Bertz CT molecular complexity index is 331. The van der Waals surface area contributed by atoms with Crippen molar-refractivity contribution < 1.29 is 0 Å². The highest BCUT2D eigenvalue weighted by atomic mass is 32.2. The Morgan fingerprint density at radius 1 is 1.33 bits per heavy atom. The van der Waals surface area contributed by atoms with Gasteiger partial charge in [0.1, 0.15) is 0 Å². The number of nitrogens with one attached hydrogen (secondary N) is 1. The minimum Gasteiger partial charge on any atom is -0.313 e. The first kappa shape index (κ1) is 11.0. The van der Waals surface area contributed by atoms with Crippen LogP contribution in [0.3, 0.4) is 0 Å². The summed E-state index contributed by atoms with van der Waals surface area (Å²) in [5.41, 5.74) is 2.76. The summed E-state index contributed by atoms with van der Waals surface area (Å²) in [7, 11) is 0. The van der Waals surface area contributed by atoms with Gasteiger partial charge in [0.25, 0.3) is 0 Å². The molecule has 1 aliphatic rings. The second-order valence-electron chi connectivity index (χ2n) is 4.35. The summed E-state index contributed by atoms with van der Waals surface area (Å²) in [4.78, 5) is 1.44. The predicted octanol–water partition coefficient (Wildman–Crippen LogP) is 3.15. The molecule has 0 spiro atoms. The smallest absolute Gasteiger partial charge is 0.0106 e. The Kier molecular flexibility index (Phi) is 3.71. The fourth-order valence-electron chi connectivity index (χ4n) is 1.57. The van der Waals surface area contributed by atoms with E-state index in [1.807, 2.05) is 11.8 Å². The summed E-state index contributed by atoms with van der Waals surface area (Å²) in [5, 5.41) is 3.54. The van der Waals surface area contributed by atoms with Gasteiger partial charge in [0, 0.05) is 23.2 Å². The van der Waals surface area contributed by atoms with Crippen LogP contribution in [0, 0.1) is 13.8 Å². The van der Waals surface area contributed by atoms with Gasteiger partial charge in [-0.1, -0.05) is 17.7 Å². The molecule has 1 N–H and O–H groups in total. The number of hydrogen-bond acceptors (Lipinski definition) is 2. The fraction of sp³-hybridized carbons (Fsp3) is 0.538. The lowest BCUT2D eigenvalue weighted by Crippen LogP contribution is -2.19. The molecule has 0 saturated heterocycles. The minimum absolute atomic E-state index is 0.837. The van der Waals surface area contributed by atoms with Crippen LogP contribution in [0.1, 0.15) is 24.0 Å². The molecule has 0 bridgehead atoms. The van der Waals surface area contributed by atoms with Crippen molar-refractivity contribution in [3.05, 3.63) is 29.3 Å². The van der Waals surface area contributed by atoms with Crippen molar-refractivity contribution in [2.24, 2.45) is 0 Å². The van der Waals surface area contributed by atoms with E-state index in [0.29, 0.717) is 0 Å². The number of rotatable bonds is 5. The van der Waals surface area contributed by atoms with Crippen molar-refractivity contribution in [3.8, 4) is 0 Å². The van der Waals surface area contributed by atoms with Crippen LogP contribution in [-0.4, -0.2) is 18.3 Å². The van der Waals surface area contributed by atoms with Gasteiger partial charge in [0.15, 0.2) is 0 Å². The highest BCUT2D eigenvalue weighted by molar-refractivity contribution is 7.99. The molecular formula is C13H19NS. The van der Waals surface area contributed by atoms with E-state index in [2.05, 4.69) is 37.4 Å². The highest BCUT2D eigenvalue weighted by Crippen LogP contribution is 2.23. The zero-order chi connectivity index (χ0) is 10.7.